The summed E-state index contributed by atoms with van der Waals surface area (Å²) in [5, 5.41) is 2.55. The number of sulfonamides is 1. The van der Waals surface area contributed by atoms with E-state index < -0.39 is 22.0 Å². The second-order valence-corrected chi connectivity index (χ2v) is 8.62. The van der Waals surface area contributed by atoms with Crippen LogP contribution in [0.3, 0.4) is 0 Å². The molecule has 0 unspecified atom stereocenters. The summed E-state index contributed by atoms with van der Waals surface area (Å²) in [6, 6.07) is 17.3. The number of hydrogen-bond donors (Lipinski definition) is 1. The first-order chi connectivity index (χ1) is 13.7. The van der Waals surface area contributed by atoms with Crippen LogP contribution in [-0.4, -0.2) is 57.6 Å². The molecule has 2 amide bonds. The van der Waals surface area contributed by atoms with Crippen molar-refractivity contribution < 1.29 is 18.0 Å². The Morgan fingerprint density at radius 2 is 1.55 bits per heavy atom. The van der Waals surface area contributed by atoms with Crippen molar-refractivity contribution in [1.82, 2.24) is 10.2 Å². The minimum Gasteiger partial charge on any atom is -0.357 e. The van der Waals surface area contributed by atoms with Crippen molar-refractivity contribution in [3.8, 4) is 0 Å². The van der Waals surface area contributed by atoms with E-state index in [1.807, 2.05) is 30.3 Å². The van der Waals surface area contributed by atoms with E-state index >= 15 is 0 Å². The standard InChI is InChI=1S/C21H27N3O4S/c1-17(21(26)22-2)23(15-14-18-10-6-4-7-11-18)20(25)16-24(29(3,27)28)19-12-8-5-9-13-19/h4-13,17H,14-16H2,1-3H3,(H,22,26)/t17-/m0/s1. The summed E-state index contributed by atoms with van der Waals surface area (Å²) in [5.74, 6) is -0.747. The molecule has 2 rings (SSSR count). The average molecular weight is 418 g/mol. The lowest BCUT2D eigenvalue weighted by molar-refractivity contribution is -0.138. The van der Waals surface area contributed by atoms with E-state index in [9.17, 15) is 18.0 Å². The van der Waals surface area contributed by atoms with E-state index in [1.165, 1.54) is 11.9 Å². The summed E-state index contributed by atoms with van der Waals surface area (Å²) in [7, 11) is -2.17. The minimum atomic E-state index is -3.68. The lowest BCUT2D eigenvalue weighted by Gasteiger charge is -2.31. The Hall–Kier alpha value is -2.87. The number of nitrogens with zero attached hydrogens (tertiary/aromatic N) is 2. The number of hydrogen-bond acceptors (Lipinski definition) is 4. The smallest absolute Gasteiger partial charge is 0.244 e. The Balaban J connectivity index is 2.25. The lowest BCUT2D eigenvalue weighted by atomic mass is 10.1. The highest BCUT2D eigenvalue weighted by molar-refractivity contribution is 7.92. The first-order valence-corrected chi connectivity index (χ1v) is 11.2. The van der Waals surface area contributed by atoms with Gasteiger partial charge in [-0.15, -0.1) is 0 Å². The molecule has 0 radical (unpaired) electrons. The van der Waals surface area contributed by atoms with Gasteiger partial charge in [0, 0.05) is 13.6 Å². The molecule has 0 aromatic heterocycles. The molecule has 1 atom stereocenters. The Bertz CT molecular complexity index is 917. The van der Waals surface area contributed by atoms with Crippen molar-refractivity contribution in [1.29, 1.82) is 0 Å². The Morgan fingerprint density at radius 3 is 2.07 bits per heavy atom. The number of benzene rings is 2. The molecule has 7 nitrogen and oxygen atoms in total. The van der Waals surface area contributed by atoms with Crippen molar-refractivity contribution in [3.63, 3.8) is 0 Å². The summed E-state index contributed by atoms with van der Waals surface area (Å²) in [4.78, 5) is 26.7. The highest BCUT2D eigenvalue weighted by atomic mass is 32.2. The number of carbonyl (C=O) groups is 2. The van der Waals surface area contributed by atoms with Crippen LogP contribution in [0.4, 0.5) is 5.69 Å². The molecular formula is C21H27N3O4S. The van der Waals surface area contributed by atoms with Crippen LogP contribution in [0.5, 0.6) is 0 Å². The first-order valence-electron chi connectivity index (χ1n) is 9.31. The van der Waals surface area contributed by atoms with E-state index in [0.717, 1.165) is 16.1 Å². The minimum absolute atomic E-state index is 0.295. The van der Waals surface area contributed by atoms with Gasteiger partial charge in [0.15, 0.2) is 0 Å². The molecule has 2 aromatic carbocycles. The molecule has 29 heavy (non-hydrogen) atoms. The van der Waals surface area contributed by atoms with Crippen molar-refractivity contribution in [3.05, 3.63) is 66.2 Å². The van der Waals surface area contributed by atoms with Gasteiger partial charge in [-0.2, -0.15) is 0 Å². The molecule has 2 aromatic rings. The van der Waals surface area contributed by atoms with Gasteiger partial charge in [0.05, 0.1) is 11.9 Å². The predicted octanol–water partition coefficient (Wildman–Crippen LogP) is 1.66. The van der Waals surface area contributed by atoms with Gasteiger partial charge in [-0.05, 0) is 31.0 Å². The molecule has 0 aliphatic rings. The lowest BCUT2D eigenvalue weighted by Crippen LogP contribution is -2.51. The van der Waals surface area contributed by atoms with Crippen LogP contribution < -0.4 is 9.62 Å². The van der Waals surface area contributed by atoms with Crippen LogP contribution in [0.15, 0.2) is 60.7 Å². The number of para-hydroxylation sites is 1. The van der Waals surface area contributed by atoms with Gasteiger partial charge >= 0.3 is 0 Å². The van der Waals surface area contributed by atoms with Crippen LogP contribution in [0.2, 0.25) is 0 Å². The van der Waals surface area contributed by atoms with E-state index in [1.54, 1.807) is 37.3 Å². The summed E-state index contributed by atoms with van der Waals surface area (Å²) < 4.78 is 25.7. The Kier molecular flexibility index (Phi) is 7.78. The maximum absolute atomic E-state index is 13.1. The van der Waals surface area contributed by atoms with Crippen molar-refractivity contribution in [2.75, 3.05) is 30.7 Å². The molecule has 0 spiro atoms. The quantitative estimate of drug-likeness (QED) is 0.672. The Morgan fingerprint density at radius 1 is 1.00 bits per heavy atom. The molecule has 0 heterocycles. The summed E-state index contributed by atoms with van der Waals surface area (Å²) in [6.07, 6.45) is 1.61. The Labute approximate surface area is 172 Å². The normalized spacial score (nSPS) is 12.1. The molecule has 0 bridgehead atoms. The fourth-order valence-electron chi connectivity index (χ4n) is 2.99. The highest BCUT2D eigenvalue weighted by Gasteiger charge is 2.29. The summed E-state index contributed by atoms with van der Waals surface area (Å²) >= 11 is 0. The van der Waals surface area contributed by atoms with Gasteiger partial charge in [-0.1, -0.05) is 48.5 Å². The average Bonchev–Trinajstić information content (AvgIpc) is 2.71. The van der Waals surface area contributed by atoms with E-state index in [4.69, 9.17) is 0 Å². The summed E-state index contributed by atoms with van der Waals surface area (Å²) in [5.41, 5.74) is 1.43. The molecule has 0 saturated heterocycles. The first kappa shape index (κ1) is 22.4. The molecule has 0 fully saturated rings. The SMILES string of the molecule is CNC(=O)[C@H](C)N(CCc1ccccc1)C(=O)CN(c1ccccc1)S(C)(=O)=O. The van der Waals surface area contributed by atoms with Crippen LogP contribution in [0.1, 0.15) is 12.5 Å². The third-order valence-corrected chi connectivity index (χ3v) is 5.76. The molecule has 0 aliphatic heterocycles. The van der Waals surface area contributed by atoms with Gasteiger partial charge in [0.1, 0.15) is 12.6 Å². The molecule has 0 saturated carbocycles. The zero-order chi connectivity index (χ0) is 21.4. The van der Waals surface area contributed by atoms with Crippen LogP contribution in [0.25, 0.3) is 0 Å². The molecule has 0 aliphatic carbocycles. The molecular weight excluding hydrogens is 390 g/mol. The van der Waals surface area contributed by atoms with Crippen LogP contribution >= 0.6 is 0 Å². The summed E-state index contributed by atoms with van der Waals surface area (Å²) in [6.45, 7) is 1.55. The van der Waals surface area contributed by atoms with Crippen molar-refractivity contribution >= 4 is 27.5 Å². The van der Waals surface area contributed by atoms with E-state index in [-0.39, 0.29) is 12.5 Å². The number of carbonyl (C=O) groups excluding carboxylic acids is 2. The number of nitrogens with one attached hydrogen (secondary N) is 1. The molecule has 8 heteroatoms. The monoisotopic (exact) mass is 417 g/mol. The predicted molar refractivity (Wildman–Crippen MR) is 114 cm³/mol. The zero-order valence-electron chi connectivity index (χ0n) is 16.9. The fourth-order valence-corrected chi connectivity index (χ4v) is 3.84. The second-order valence-electron chi connectivity index (χ2n) is 6.72. The van der Waals surface area contributed by atoms with Gasteiger partial charge in [-0.25, -0.2) is 8.42 Å². The van der Waals surface area contributed by atoms with Crippen LogP contribution in [0, 0.1) is 0 Å². The third-order valence-electron chi connectivity index (χ3n) is 4.62. The maximum Gasteiger partial charge on any atom is 0.244 e. The number of amides is 2. The van der Waals surface area contributed by atoms with Crippen molar-refractivity contribution in [2.24, 2.45) is 0 Å². The largest absolute Gasteiger partial charge is 0.357 e. The maximum atomic E-state index is 13.1. The second kappa shape index (κ2) is 10.1. The number of likely N-dealkylation sites (N-methyl/N-ethyl adjacent to an activating group) is 1. The van der Waals surface area contributed by atoms with Crippen molar-refractivity contribution in [2.45, 2.75) is 19.4 Å². The van der Waals surface area contributed by atoms with E-state index in [2.05, 4.69) is 5.32 Å². The van der Waals surface area contributed by atoms with Crippen LogP contribution in [-0.2, 0) is 26.0 Å². The number of rotatable bonds is 9. The molecule has 156 valence electrons. The van der Waals surface area contributed by atoms with Gasteiger partial charge in [-0.3, -0.25) is 13.9 Å². The van der Waals surface area contributed by atoms with Gasteiger partial charge < -0.3 is 10.2 Å². The molecule has 1 N–H and O–H groups in total. The fraction of sp³-hybridized carbons (Fsp3) is 0.333. The third kappa shape index (κ3) is 6.32. The zero-order valence-corrected chi connectivity index (χ0v) is 17.7. The number of anilines is 1. The van der Waals surface area contributed by atoms with Gasteiger partial charge in [0.2, 0.25) is 21.8 Å². The van der Waals surface area contributed by atoms with E-state index in [0.29, 0.717) is 18.7 Å². The topological polar surface area (TPSA) is 86.8 Å². The van der Waals surface area contributed by atoms with Gasteiger partial charge in [0.25, 0.3) is 0 Å². The highest BCUT2D eigenvalue weighted by Crippen LogP contribution is 2.17.